The van der Waals surface area contributed by atoms with Gasteiger partial charge >= 0.3 is 6.18 Å². The number of imidazole rings is 1. The Balaban J connectivity index is 1.58. The number of alkyl halides is 3. The molecule has 7 nitrogen and oxygen atoms in total. The number of hydrogen-bond acceptors (Lipinski definition) is 5. The number of aromatic nitrogens is 4. The van der Waals surface area contributed by atoms with Crippen molar-refractivity contribution in [2.24, 2.45) is 0 Å². The molecule has 1 amide bonds. The van der Waals surface area contributed by atoms with Crippen LogP contribution in [0, 0.1) is 0 Å². The number of halogens is 3. The highest BCUT2D eigenvalue weighted by molar-refractivity contribution is 6.03. The normalized spacial score (nSPS) is 15.3. The number of ether oxygens (including phenoxy) is 1. The first-order valence-electron chi connectivity index (χ1n) is 10.9. The second kappa shape index (κ2) is 9.76. The summed E-state index contributed by atoms with van der Waals surface area (Å²) in [5, 5.41) is 3.07. The molecule has 0 aliphatic heterocycles. The molecule has 10 heteroatoms. The number of nitrogens with one attached hydrogen (secondary N) is 1. The number of methoxy groups -OCH3 is 1. The van der Waals surface area contributed by atoms with Crippen molar-refractivity contribution in [2.45, 2.75) is 44.9 Å². The van der Waals surface area contributed by atoms with Crippen LogP contribution >= 0.6 is 0 Å². The first-order valence-corrected chi connectivity index (χ1v) is 10.9. The Bertz CT molecular complexity index is 1280. The summed E-state index contributed by atoms with van der Waals surface area (Å²) in [6.45, 7) is 2.12. The molecule has 0 saturated heterocycles. The van der Waals surface area contributed by atoms with E-state index in [0.29, 0.717) is 12.0 Å². The molecule has 2 heterocycles. The van der Waals surface area contributed by atoms with Gasteiger partial charge in [0, 0.05) is 12.7 Å². The first-order chi connectivity index (χ1) is 16.3. The van der Waals surface area contributed by atoms with Gasteiger partial charge < -0.3 is 10.1 Å². The summed E-state index contributed by atoms with van der Waals surface area (Å²) in [7, 11) is 1.49. The molecule has 1 unspecified atom stereocenters. The summed E-state index contributed by atoms with van der Waals surface area (Å²) in [4.78, 5) is 24.5. The van der Waals surface area contributed by atoms with Crippen molar-refractivity contribution < 1.29 is 22.7 Å². The summed E-state index contributed by atoms with van der Waals surface area (Å²) in [6.07, 6.45) is 4.07. The maximum Gasteiger partial charge on any atom is 0.450 e. The van der Waals surface area contributed by atoms with E-state index in [1.165, 1.54) is 19.5 Å². The van der Waals surface area contributed by atoms with Crippen molar-refractivity contribution in [1.29, 1.82) is 0 Å². The van der Waals surface area contributed by atoms with Gasteiger partial charge in [0.1, 0.15) is 0 Å². The molecule has 3 aromatic rings. The summed E-state index contributed by atoms with van der Waals surface area (Å²) in [5.41, 5.74) is 1.60. The highest BCUT2D eigenvalue weighted by Gasteiger charge is 2.38. The molecular weight excluding hydrogens is 447 g/mol. The number of nitrogens with zero attached hydrogens (tertiary/aromatic N) is 4. The van der Waals surface area contributed by atoms with E-state index in [0.717, 1.165) is 29.4 Å². The van der Waals surface area contributed by atoms with Gasteiger partial charge in [-0.3, -0.25) is 9.36 Å². The first kappa shape index (κ1) is 23.6. The van der Waals surface area contributed by atoms with Gasteiger partial charge in [0.2, 0.25) is 5.82 Å². The molecular formula is C24H24F3N5O2. The van der Waals surface area contributed by atoms with Crippen LogP contribution in [-0.2, 0) is 17.3 Å². The number of rotatable bonds is 7. The lowest BCUT2D eigenvalue weighted by Gasteiger charge is -2.12. The molecule has 4 rings (SSSR count). The average Bonchev–Trinajstić information content (AvgIpc) is 3.23. The topological polar surface area (TPSA) is 81.9 Å². The van der Waals surface area contributed by atoms with Gasteiger partial charge in [-0.1, -0.05) is 31.6 Å². The van der Waals surface area contributed by atoms with Gasteiger partial charge in [0.15, 0.2) is 11.6 Å². The van der Waals surface area contributed by atoms with Crippen LogP contribution < -0.4 is 16.0 Å². The number of carbonyl (C=O) groups excluding carboxylic acids is 1. The lowest BCUT2D eigenvalue weighted by atomic mass is 10.1. The third kappa shape index (κ3) is 5.01. The summed E-state index contributed by atoms with van der Waals surface area (Å²) in [5.74, 6) is -1.41. The van der Waals surface area contributed by atoms with E-state index in [9.17, 15) is 18.0 Å². The molecule has 0 bridgehead atoms. The Morgan fingerprint density at radius 3 is 2.59 bits per heavy atom. The summed E-state index contributed by atoms with van der Waals surface area (Å²) < 4.78 is 47.2. The van der Waals surface area contributed by atoms with Gasteiger partial charge in [0.05, 0.1) is 29.2 Å². The van der Waals surface area contributed by atoms with E-state index in [4.69, 9.17) is 4.74 Å². The predicted molar refractivity (Wildman–Crippen MR) is 121 cm³/mol. The summed E-state index contributed by atoms with van der Waals surface area (Å²) in [6, 6.07) is 7.27. The zero-order chi connectivity index (χ0) is 24.3. The van der Waals surface area contributed by atoms with Crippen molar-refractivity contribution in [3.63, 3.8) is 0 Å². The van der Waals surface area contributed by atoms with E-state index in [2.05, 4.69) is 27.2 Å². The minimum atomic E-state index is -4.69. The van der Waals surface area contributed by atoms with Crippen LogP contribution in [0.1, 0.15) is 47.9 Å². The van der Waals surface area contributed by atoms with Crippen molar-refractivity contribution in [3.05, 3.63) is 64.3 Å². The monoisotopic (exact) mass is 471 g/mol. The van der Waals surface area contributed by atoms with Crippen LogP contribution in [0.4, 0.5) is 19.0 Å². The molecule has 0 fully saturated rings. The third-order valence-corrected chi connectivity index (χ3v) is 5.53. The minimum absolute atomic E-state index is 0.0557. The highest BCUT2D eigenvalue weighted by atomic mass is 19.4. The van der Waals surface area contributed by atoms with Gasteiger partial charge in [-0.25, -0.2) is 15.0 Å². The van der Waals surface area contributed by atoms with Gasteiger partial charge in [0.25, 0.3) is 5.91 Å². The zero-order valence-corrected chi connectivity index (χ0v) is 18.8. The second-order valence-electron chi connectivity index (χ2n) is 7.93. The summed E-state index contributed by atoms with van der Waals surface area (Å²) >= 11 is 0. The Hall–Kier alpha value is -3.53. The standard InChI is InChI=1S/C24H24F3N5O2/c1-3-4-5-15-6-8-16(9-7-15)22(33)31-20-13-29-21(14-28-20)32-19-11-10-17(34-2)12-18(19)30-23(32)24(25,26)27/h6-9,11-14,17H,3-5,10H2,1-2H3,(H,28,31,33). The molecule has 2 aromatic heterocycles. The molecule has 34 heavy (non-hydrogen) atoms. The average molecular weight is 471 g/mol. The zero-order valence-electron chi connectivity index (χ0n) is 18.8. The fourth-order valence-electron chi connectivity index (χ4n) is 3.72. The van der Waals surface area contributed by atoms with E-state index in [-0.39, 0.29) is 34.3 Å². The Morgan fingerprint density at radius 2 is 1.97 bits per heavy atom. The maximum atomic E-state index is 13.7. The number of carbonyl (C=O) groups is 1. The van der Waals surface area contributed by atoms with Crippen molar-refractivity contribution in [2.75, 3.05) is 12.4 Å². The minimum Gasteiger partial charge on any atom is -0.377 e. The Labute approximate surface area is 194 Å². The lowest BCUT2D eigenvalue weighted by Crippen LogP contribution is -2.35. The Morgan fingerprint density at radius 1 is 1.21 bits per heavy atom. The van der Waals surface area contributed by atoms with Crippen molar-refractivity contribution >= 4 is 23.9 Å². The number of fused-ring (bicyclic) bond motifs is 1. The van der Waals surface area contributed by atoms with Gasteiger partial charge in [-0.2, -0.15) is 13.2 Å². The van der Waals surface area contributed by atoms with Crippen LogP contribution in [0.15, 0.2) is 36.7 Å². The SMILES string of the molecule is CCCCc1ccc(C(=O)Nc2cnc(-n3c(C(F)(F)F)nc4c3=CCC(OC)C=4)cn2)cc1. The number of amides is 1. The number of anilines is 1. The molecule has 1 aliphatic rings. The van der Waals surface area contributed by atoms with Crippen LogP contribution in [0.2, 0.25) is 0 Å². The van der Waals surface area contributed by atoms with Gasteiger partial charge in [-0.05, 0) is 43.0 Å². The number of aryl methyl sites for hydroxylation is 1. The van der Waals surface area contributed by atoms with Crippen LogP contribution in [0.5, 0.6) is 0 Å². The van der Waals surface area contributed by atoms with Crippen molar-refractivity contribution in [3.8, 4) is 5.82 Å². The second-order valence-corrected chi connectivity index (χ2v) is 7.93. The molecule has 1 aromatic carbocycles. The van der Waals surface area contributed by atoms with Crippen molar-refractivity contribution in [1.82, 2.24) is 19.5 Å². The fraction of sp³-hybridized carbons (Fsp3) is 0.333. The Kier molecular flexibility index (Phi) is 6.78. The molecule has 1 atom stereocenters. The van der Waals surface area contributed by atoms with Crippen LogP contribution in [0.25, 0.3) is 18.0 Å². The molecule has 178 valence electrons. The number of hydrogen-bond donors (Lipinski definition) is 1. The lowest BCUT2D eigenvalue weighted by molar-refractivity contribution is -0.146. The third-order valence-electron chi connectivity index (χ3n) is 5.53. The number of unbranched alkanes of at least 4 members (excludes halogenated alkanes) is 1. The van der Waals surface area contributed by atoms with Gasteiger partial charge in [-0.15, -0.1) is 0 Å². The van der Waals surface area contributed by atoms with Crippen LogP contribution in [-0.4, -0.2) is 38.6 Å². The molecule has 1 N–H and O–H groups in total. The molecule has 0 saturated carbocycles. The quantitative estimate of drug-likeness (QED) is 0.572. The molecule has 1 aliphatic carbocycles. The highest BCUT2D eigenvalue weighted by Crippen LogP contribution is 2.27. The molecule has 0 spiro atoms. The van der Waals surface area contributed by atoms with E-state index >= 15 is 0 Å². The smallest absolute Gasteiger partial charge is 0.377 e. The molecule has 0 radical (unpaired) electrons. The fourth-order valence-corrected chi connectivity index (χ4v) is 3.72. The van der Waals surface area contributed by atoms with E-state index in [1.54, 1.807) is 24.3 Å². The maximum absolute atomic E-state index is 13.7. The largest absolute Gasteiger partial charge is 0.450 e. The van der Waals surface area contributed by atoms with Crippen LogP contribution in [0.3, 0.4) is 0 Å². The predicted octanol–water partition coefficient (Wildman–Crippen LogP) is 3.26. The van der Waals surface area contributed by atoms with E-state index < -0.39 is 12.0 Å². The number of benzene rings is 1. The van der Waals surface area contributed by atoms with E-state index in [1.807, 2.05) is 12.1 Å².